The zero-order chi connectivity index (χ0) is 46.6. The van der Waals surface area contributed by atoms with E-state index in [1.165, 1.54) is 107 Å². The first-order chi connectivity index (χ1) is 32.5. The molecule has 0 saturated heterocycles. The molecule has 6 heteroatoms. The van der Waals surface area contributed by atoms with Crippen molar-refractivity contribution in [3.8, 4) is 11.1 Å². The van der Waals surface area contributed by atoms with Crippen LogP contribution in [0.15, 0.2) is 124 Å². The lowest BCUT2D eigenvalue weighted by molar-refractivity contribution is 0.332. The van der Waals surface area contributed by atoms with Gasteiger partial charge in [0.25, 0.3) is 0 Å². The van der Waals surface area contributed by atoms with Gasteiger partial charge in [-0.1, -0.05) is 116 Å². The normalized spacial score (nSPS) is 18.3. The number of rotatable bonds is 2. The van der Waals surface area contributed by atoms with Crippen LogP contribution in [0.25, 0.3) is 65.1 Å². The summed E-state index contributed by atoms with van der Waals surface area (Å²) in [6.45, 7) is 24.1. The van der Waals surface area contributed by atoms with Crippen molar-refractivity contribution in [1.82, 2.24) is 0 Å². The van der Waals surface area contributed by atoms with E-state index in [1.807, 2.05) is 11.3 Å². The number of para-hydroxylation sites is 2. The maximum absolute atomic E-state index is 7.26. The van der Waals surface area contributed by atoms with Gasteiger partial charge in [-0.25, -0.2) is 0 Å². The second-order valence-corrected chi connectivity index (χ2v) is 24.5. The Morgan fingerprint density at radius 2 is 1.12 bits per heavy atom. The van der Waals surface area contributed by atoms with Crippen molar-refractivity contribution in [1.29, 1.82) is 0 Å². The van der Waals surface area contributed by atoms with E-state index >= 15 is 0 Å². The van der Waals surface area contributed by atoms with Crippen LogP contribution in [0.1, 0.15) is 114 Å². The number of fused-ring (bicyclic) bond motifs is 16. The van der Waals surface area contributed by atoms with Crippen LogP contribution >= 0.6 is 11.3 Å². The number of aryl methyl sites for hydroxylation is 2. The Hall–Kier alpha value is -6.24. The lowest BCUT2D eigenvalue weighted by atomic mass is 9.46. The second kappa shape index (κ2) is 13.3. The van der Waals surface area contributed by atoms with Crippen molar-refractivity contribution in [2.45, 2.75) is 117 Å². The van der Waals surface area contributed by atoms with Gasteiger partial charge in [0.15, 0.2) is 0 Å². The van der Waals surface area contributed by atoms with E-state index in [0.717, 1.165) is 56.0 Å². The molecular weight excluding hydrogens is 848 g/mol. The van der Waals surface area contributed by atoms with E-state index in [4.69, 9.17) is 8.83 Å². The average molecular weight is 905 g/mol. The fraction of sp³-hybridized carbons (Fsp3) is 0.290. The predicted molar refractivity (Wildman–Crippen MR) is 290 cm³/mol. The smallest absolute Gasteiger partial charge is 0.343 e. The number of hydrogen-bond acceptors (Lipinski definition) is 5. The molecule has 0 N–H and O–H groups in total. The second-order valence-electron chi connectivity index (χ2n) is 23.5. The highest BCUT2D eigenvalue weighted by Crippen LogP contribution is 2.58. The first-order valence-electron chi connectivity index (χ1n) is 24.9. The van der Waals surface area contributed by atoms with Gasteiger partial charge in [0.2, 0.25) is 0 Å². The van der Waals surface area contributed by atoms with Crippen molar-refractivity contribution in [2.75, 3.05) is 9.71 Å². The molecule has 0 atom stereocenters. The lowest BCUT2D eigenvalue weighted by Gasteiger charge is -2.46. The van der Waals surface area contributed by atoms with Gasteiger partial charge in [-0.15, -0.1) is 11.3 Å². The van der Waals surface area contributed by atoms with Crippen molar-refractivity contribution in [2.24, 2.45) is 0 Å². The summed E-state index contributed by atoms with van der Waals surface area (Å²) in [5.41, 5.74) is 22.1. The number of nitrogens with zero attached hydrogens (tertiary/aromatic N) is 2. The minimum atomic E-state index is -0.154. The standard InChI is InChI=1S/C62H57BN2O2S/c1-34-19-21-36(22-20-34)65-45-23-24-50-52(38-16-12-14-18-49(38)66-50)53(45)54-55-47(31-39-37-15-11-13-17-48(37)67-57(39)54)64(46-32-43-41(29-35(46)2)59(3,4)25-27-61(43,7)8)56-40-30-42-44(33-51(40)68-58(56)63(55)65)62(9,10)28-26-60(42,5)6/h11-24,29-33H,25-28H2,1-10H3. The molecule has 0 spiro atoms. The van der Waals surface area contributed by atoms with Crippen LogP contribution in [0.2, 0.25) is 0 Å². The molecular formula is C62H57BN2O2S. The molecule has 0 bridgehead atoms. The van der Waals surface area contributed by atoms with E-state index in [1.54, 1.807) is 0 Å². The number of furan rings is 2. The lowest BCUT2D eigenvalue weighted by Crippen LogP contribution is -2.60. The first kappa shape index (κ1) is 40.8. The van der Waals surface area contributed by atoms with Crippen molar-refractivity contribution in [3.63, 3.8) is 0 Å². The van der Waals surface area contributed by atoms with Crippen LogP contribution in [0, 0.1) is 13.8 Å². The molecule has 5 heterocycles. The van der Waals surface area contributed by atoms with Crippen LogP contribution in [0.3, 0.4) is 0 Å². The minimum absolute atomic E-state index is 0.0269. The monoisotopic (exact) mass is 904 g/mol. The van der Waals surface area contributed by atoms with Gasteiger partial charge in [0.1, 0.15) is 22.3 Å². The SMILES string of the molecule is Cc1ccc(N2B3c4sc5cc6c(cc5c4N(c4cc5c(cc4C)C(C)(C)CCC5(C)C)c4cc5c(oc7ccccc75)c(c43)-c3c2ccc2oc4ccccc4c32)C(C)(C)CCC6(C)C)cc1. The Labute approximate surface area is 403 Å². The Bertz CT molecular complexity index is 3860. The molecule has 68 heavy (non-hydrogen) atoms. The zero-order valence-electron chi connectivity index (χ0n) is 41.0. The molecule has 2 aliphatic carbocycles. The number of hydrogen-bond donors (Lipinski definition) is 0. The maximum atomic E-state index is 7.26. The summed E-state index contributed by atoms with van der Waals surface area (Å²) in [5, 5.41) is 5.86. The third kappa shape index (κ3) is 5.33. The fourth-order valence-corrected chi connectivity index (χ4v) is 14.6. The third-order valence-corrected chi connectivity index (χ3v) is 18.5. The summed E-state index contributed by atoms with van der Waals surface area (Å²) in [7, 11) is 0. The summed E-state index contributed by atoms with van der Waals surface area (Å²) < 4.78 is 16.8. The summed E-state index contributed by atoms with van der Waals surface area (Å²) in [5.74, 6) is 0. The highest BCUT2D eigenvalue weighted by Gasteiger charge is 2.50. The van der Waals surface area contributed by atoms with Gasteiger partial charge in [0, 0.05) is 70.3 Å². The molecule has 0 unspecified atom stereocenters. The molecule has 4 nitrogen and oxygen atoms in total. The number of benzene rings is 7. The molecule has 7 aromatic carbocycles. The highest BCUT2D eigenvalue weighted by atomic mass is 32.1. The molecule has 2 aliphatic heterocycles. The molecule has 10 aromatic rings. The van der Waals surface area contributed by atoms with Crippen LogP contribution in [-0.2, 0) is 21.7 Å². The number of thiophene rings is 1. The molecule has 4 aliphatic rings. The largest absolute Gasteiger partial charge is 0.456 e. The summed E-state index contributed by atoms with van der Waals surface area (Å²) in [6.07, 6.45) is 4.67. The molecule has 336 valence electrons. The van der Waals surface area contributed by atoms with Crippen LogP contribution in [-0.4, -0.2) is 6.85 Å². The summed E-state index contributed by atoms with van der Waals surface area (Å²) in [4.78, 5) is 5.40. The van der Waals surface area contributed by atoms with E-state index in [-0.39, 0.29) is 28.5 Å². The van der Waals surface area contributed by atoms with E-state index in [9.17, 15) is 0 Å². The summed E-state index contributed by atoms with van der Waals surface area (Å²) >= 11 is 2.01. The fourth-order valence-electron chi connectivity index (χ4n) is 13.2. The molecule has 0 radical (unpaired) electrons. The Kier molecular flexibility index (Phi) is 7.98. The molecule has 0 saturated carbocycles. The first-order valence-corrected chi connectivity index (χ1v) is 25.7. The van der Waals surface area contributed by atoms with Crippen molar-refractivity contribution >= 4 is 111 Å². The van der Waals surface area contributed by atoms with Gasteiger partial charge in [-0.05, 0) is 155 Å². The van der Waals surface area contributed by atoms with Gasteiger partial charge < -0.3 is 18.5 Å². The molecule has 0 amide bonds. The minimum Gasteiger partial charge on any atom is -0.456 e. The quantitative estimate of drug-likeness (QED) is 0.162. The van der Waals surface area contributed by atoms with Gasteiger partial charge in [0.05, 0.1) is 5.69 Å². The van der Waals surface area contributed by atoms with Crippen LogP contribution in [0.5, 0.6) is 0 Å². The number of anilines is 5. The Morgan fingerprint density at radius 3 is 1.81 bits per heavy atom. The van der Waals surface area contributed by atoms with E-state index in [0.29, 0.717) is 0 Å². The third-order valence-electron chi connectivity index (χ3n) is 17.3. The molecule has 14 rings (SSSR count). The Balaban J connectivity index is 1.21. The van der Waals surface area contributed by atoms with Crippen molar-refractivity contribution in [3.05, 3.63) is 149 Å². The Morgan fingerprint density at radius 1 is 0.515 bits per heavy atom. The average Bonchev–Trinajstić information content (AvgIpc) is 4.01. The molecule has 3 aromatic heterocycles. The van der Waals surface area contributed by atoms with Crippen LogP contribution < -0.4 is 20.0 Å². The topological polar surface area (TPSA) is 32.8 Å². The van der Waals surface area contributed by atoms with Crippen LogP contribution in [0.4, 0.5) is 28.4 Å². The van der Waals surface area contributed by atoms with Gasteiger partial charge in [-0.2, -0.15) is 0 Å². The predicted octanol–water partition coefficient (Wildman–Crippen LogP) is 16.7. The maximum Gasteiger partial charge on any atom is 0.343 e. The van der Waals surface area contributed by atoms with Gasteiger partial charge in [-0.3, -0.25) is 0 Å². The highest BCUT2D eigenvalue weighted by molar-refractivity contribution is 7.32. The summed E-state index contributed by atoms with van der Waals surface area (Å²) in [6, 6.07) is 43.9. The molecule has 0 fully saturated rings. The van der Waals surface area contributed by atoms with Gasteiger partial charge >= 0.3 is 6.85 Å². The zero-order valence-corrected chi connectivity index (χ0v) is 41.8. The van der Waals surface area contributed by atoms with Crippen molar-refractivity contribution < 1.29 is 8.83 Å². The van der Waals surface area contributed by atoms with E-state index in [2.05, 4.69) is 194 Å². The van der Waals surface area contributed by atoms with E-state index < -0.39 is 0 Å².